The smallest absolute Gasteiger partial charge is 0.276 e. The Morgan fingerprint density at radius 1 is 1.23 bits per heavy atom. The minimum absolute atomic E-state index is 0.138. The van der Waals surface area contributed by atoms with Gasteiger partial charge in [0.15, 0.2) is 11.3 Å². The first-order chi connectivity index (χ1) is 10.8. The van der Waals surface area contributed by atoms with Gasteiger partial charge in [-0.3, -0.25) is 4.79 Å². The van der Waals surface area contributed by atoms with Crippen LogP contribution in [-0.2, 0) is 0 Å². The number of nitrogens with zero attached hydrogens (tertiary/aromatic N) is 3. The number of piperidine rings is 1. The van der Waals surface area contributed by atoms with Crippen LogP contribution in [0, 0.1) is 0 Å². The summed E-state index contributed by atoms with van der Waals surface area (Å²) >= 11 is 0. The number of carbonyl (C=O) groups excluding carboxylic acids is 1. The molecule has 6 nitrogen and oxygen atoms in total. The first-order valence-corrected chi connectivity index (χ1v) is 7.40. The van der Waals surface area contributed by atoms with Crippen molar-refractivity contribution in [3.8, 4) is 0 Å². The number of aromatic nitrogens is 2. The van der Waals surface area contributed by atoms with Gasteiger partial charge < -0.3 is 13.8 Å². The summed E-state index contributed by atoms with van der Waals surface area (Å²) in [4.78, 5) is 18.9. The van der Waals surface area contributed by atoms with E-state index < -0.39 is 0 Å². The largest absolute Gasteiger partial charge is 0.438 e. The molecule has 1 saturated heterocycles. The molecule has 6 heteroatoms. The summed E-state index contributed by atoms with van der Waals surface area (Å²) in [5, 5.41) is 3.75. The Kier molecular flexibility index (Phi) is 3.14. The van der Waals surface area contributed by atoms with Crippen LogP contribution in [-0.4, -0.2) is 27.5 Å². The average molecular weight is 297 g/mol. The Bertz CT molecular complexity index is 761. The summed E-state index contributed by atoms with van der Waals surface area (Å²) in [5.74, 6) is 0.457. The second-order valence-corrected chi connectivity index (χ2v) is 5.41. The Labute approximate surface area is 126 Å². The maximum Gasteiger partial charge on any atom is 0.276 e. The van der Waals surface area contributed by atoms with Gasteiger partial charge in [0.05, 0.1) is 0 Å². The lowest BCUT2D eigenvalue weighted by Crippen LogP contribution is -2.38. The fourth-order valence-corrected chi connectivity index (χ4v) is 2.93. The average Bonchev–Trinajstić information content (AvgIpc) is 3.23. The molecule has 1 atom stereocenters. The fourth-order valence-electron chi connectivity index (χ4n) is 2.93. The lowest BCUT2D eigenvalue weighted by atomic mass is 10.0. The van der Waals surface area contributed by atoms with Crippen LogP contribution >= 0.6 is 0 Å². The van der Waals surface area contributed by atoms with Gasteiger partial charge in [-0.2, -0.15) is 0 Å². The van der Waals surface area contributed by atoms with E-state index in [-0.39, 0.29) is 11.9 Å². The van der Waals surface area contributed by atoms with Crippen LogP contribution in [0.2, 0.25) is 0 Å². The minimum atomic E-state index is -0.148. The molecule has 1 fully saturated rings. The molecule has 1 amide bonds. The molecule has 112 valence electrons. The van der Waals surface area contributed by atoms with Crippen LogP contribution in [0.3, 0.4) is 0 Å². The summed E-state index contributed by atoms with van der Waals surface area (Å²) in [7, 11) is 0. The fraction of sp³-hybridized carbons (Fsp3) is 0.312. The number of hydrogen-bond donors (Lipinski definition) is 0. The number of para-hydroxylation sites is 2. The van der Waals surface area contributed by atoms with E-state index in [1.807, 2.05) is 24.3 Å². The van der Waals surface area contributed by atoms with E-state index in [1.54, 1.807) is 11.0 Å². The van der Waals surface area contributed by atoms with Crippen LogP contribution in [0.15, 0.2) is 45.5 Å². The third-order valence-corrected chi connectivity index (χ3v) is 4.02. The quantitative estimate of drug-likeness (QED) is 0.726. The molecule has 1 aliphatic rings. The second kappa shape index (κ2) is 5.29. The molecule has 0 bridgehead atoms. The van der Waals surface area contributed by atoms with Gasteiger partial charge in [-0.1, -0.05) is 17.3 Å². The third-order valence-electron chi connectivity index (χ3n) is 4.02. The van der Waals surface area contributed by atoms with E-state index in [2.05, 4.69) is 10.1 Å². The van der Waals surface area contributed by atoms with Crippen molar-refractivity contribution in [3.63, 3.8) is 0 Å². The van der Waals surface area contributed by atoms with Crippen LogP contribution in [0.4, 0.5) is 0 Å². The molecule has 0 N–H and O–H groups in total. The zero-order chi connectivity index (χ0) is 14.9. The van der Waals surface area contributed by atoms with Crippen LogP contribution in [0.1, 0.15) is 41.7 Å². The van der Waals surface area contributed by atoms with E-state index in [4.69, 9.17) is 8.94 Å². The molecule has 3 heterocycles. The number of rotatable bonds is 2. The van der Waals surface area contributed by atoms with E-state index in [1.165, 1.54) is 6.26 Å². The molecule has 0 aliphatic carbocycles. The van der Waals surface area contributed by atoms with Gasteiger partial charge in [-0.05, 0) is 31.4 Å². The van der Waals surface area contributed by atoms with Crippen molar-refractivity contribution < 1.29 is 13.7 Å². The Morgan fingerprint density at radius 2 is 2.14 bits per heavy atom. The van der Waals surface area contributed by atoms with Crippen molar-refractivity contribution in [2.75, 3.05) is 6.54 Å². The van der Waals surface area contributed by atoms with E-state index in [0.717, 1.165) is 30.4 Å². The standard InChI is InChI=1S/C16H15N3O3/c20-16(12-8-10-21-18-12)19-9-4-3-6-13(19)15-17-11-5-1-2-7-14(11)22-15/h1-2,5,7-8,10,13H,3-4,6,9H2. The molecule has 0 saturated carbocycles. The lowest BCUT2D eigenvalue weighted by molar-refractivity contribution is 0.0564. The second-order valence-electron chi connectivity index (χ2n) is 5.41. The molecule has 0 radical (unpaired) electrons. The molecule has 3 aromatic rings. The first-order valence-electron chi connectivity index (χ1n) is 7.40. The number of carbonyl (C=O) groups is 1. The Hall–Kier alpha value is -2.63. The normalized spacial score (nSPS) is 18.7. The predicted molar refractivity (Wildman–Crippen MR) is 78.1 cm³/mol. The third kappa shape index (κ3) is 2.16. The van der Waals surface area contributed by atoms with Crippen LogP contribution in [0.5, 0.6) is 0 Å². The van der Waals surface area contributed by atoms with Crippen molar-refractivity contribution in [1.29, 1.82) is 0 Å². The summed E-state index contributed by atoms with van der Waals surface area (Å²) in [5.41, 5.74) is 1.89. The number of benzene rings is 1. The van der Waals surface area contributed by atoms with Crippen LogP contribution in [0.25, 0.3) is 11.1 Å². The summed E-state index contributed by atoms with van der Waals surface area (Å²) in [6.45, 7) is 0.676. The minimum Gasteiger partial charge on any atom is -0.438 e. The number of fused-ring (bicyclic) bond motifs is 1. The van der Waals surface area contributed by atoms with Gasteiger partial charge in [0, 0.05) is 12.6 Å². The molecular formula is C16H15N3O3. The summed E-state index contributed by atoms with van der Waals surface area (Å²) in [6, 6.07) is 9.07. The summed E-state index contributed by atoms with van der Waals surface area (Å²) in [6.07, 6.45) is 4.27. The molecule has 1 aliphatic heterocycles. The number of amides is 1. The van der Waals surface area contributed by atoms with Crippen molar-refractivity contribution >= 4 is 17.0 Å². The highest BCUT2D eigenvalue weighted by atomic mass is 16.5. The van der Waals surface area contributed by atoms with Crippen molar-refractivity contribution in [1.82, 2.24) is 15.0 Å². The lowest BCUT2D eigenvalue weighted by Gasteiger charge is -2.33. The number of hydrogen-bond acceptors (Lipinski definition) is 5. The topological polar surface area (TPSA) is 72.4 Å². The molecule has 4 rings (SSSR count). The van der Waals surface area contributed by atoms with Crippen molar-refractivity contribution in [2.24, 2.45) is 0 Å². The highest BCUT2D eigenvalue weighted by molar-refractivity contribution is 5.92. The molecule has 22 heavy (non-hydrogen) atoms. The van der Waals surface area contributed by atoms with Crippen LogP contribution < -0.4 is 0 Å². The predicted octanol–water partition coefficient (Wildman–Crippen LogP) is 3.18. The van der Waals surface area contributed by atoms with E-state index >= 15 is 0 Å². The van der Waals surface area contributed by atoms with E-state index in [0.29, 0.717) is 18.1 Å². The van der Waals surface area contributed by atoms with Gasteiger partial charge >= 0.3 is 0 Å². The zero-order valence-corrected chi connectivity index (χ0v) is 11.9. The molecule has 0 spiro atoms. The van der Waals surface area contributed by atoms with E-state index in [9.17, 15) is 4.79 Å². The SMILES string of the molecule is O=C(c1ccon1)N1CCCCC1c1nc2ccccc2o1. The number of oxazole rings is 1. The molecule has 1 unspecified atom stereocenters. The maximum absolute atomic E-state index is 12.6. The zero-order valence-electron chi connectivity index (χ0n) is 11.9. The van der Waals surface area contributed by atoms with Gasteiger partial charge in [0.25, 0.3) is 5.91 Å². The highest BCUT2D eigenvalue weighted by Gasteiger charge is 2.33. The van der Waals surface area contributed by atoms with Gasteiger partial charge in [0.1, 0.15) is 17.8 Å². The Morgan fingerprint density at radius 3 is 2.95 bits per heavy atom. The van der Waals surface area contributed by atoms with Crippen molar-refractivity contribution in [3.05, 3.63) is 48.2 Å². The Balaban J connectivity index is 1.69. The summed E-state index contributed by atoms with van der Waals surface area (Å²) < 4.78 is 10.6. The van der Waals surface area contributed by atoms with Gasteiger partial charge in [-0.15, -0.1) is 0 Å². The number of likely N-dealkylation sites (tertiary alicyclic amines) is 1. The molecule has 2 aromatic heterocycles. The monoisotopic (exact) mass is 297 g/mol. The first kappa shape index (κ1) is 13.1. The highest BCUT2D eigenvalue weighted by Crippen LogP contribution is 2.33. The van der Waals surface area contributed by atoms with Crippen molar-refractivity contribution in [2.45, 2.75) is 25.3 Å². The molecular weight excluding hydrogens is 282 g/mol. The maximum atomic E-state index is 12.6. The molecule has 1 aromatic carbocycles. The van der Waals surface area contributed by atoms with Gasteiger partial charge in [-0.25, -0.2) is 4.98 Å². The van der Waals surface area contributed by atoms with Gasteiger partial charge in [0.2, 0.25) is 5.89 Å².